The SMILES string of the molecule is O=C(Cc1cccs1)N1C[C@@H]2C[C@H](C1)c1ccc(NS(=O)(=O)Cc3ccccc3)c(=O)n1C2. The van der Waals surface area contributed by atoms with Crippen LogP contribution in [0, 0.1) is 5.92 Å². The van der Waals surface area contributed by atoms with E-state index in [0.29, 0.717) is 31.6 Å². The number of nitrogens with one attached hydrogen (secondary N) is 1. The van der Waals surface area contributed by atoms with Crippen LogP contribution in [-0.4, -0.2) is 36.9 Å². The zero-order valence-electron chi connectivity index (χ0n) is 18.0. The number of carbonyl (C=O) groups excluding carboxylic acids is 1. The number of amides is 1. The Labute approximate surface area is 196 Å². The second kappa shape index (κ2) is 8.79. The number of hydrogen-bond acceptors (Lipinski definition) is 5. The molecule has 1 aromatic carbocycles. The summed E-state index contributed by atoms with van der Waals surface area (Å²) in [6.45, 7) is 1.69. The third-order valence-corrected chi connectivity index (χ3v) is 8.45. The van der Waals surface area contributed by atoms with E-state index in [1.165, 1.54) is 0 Å². The number of carbonyl (C=O) groups is 1. The molecule has 0 unspecified atom stereocenters. The van der Waals surface area contributed by atoms with Crippen molar-refractivity contribution in [2.45, 2.75) is 31.1 Å². The molecule has 4 heterocycles. The molecule has 2 aliphatic heterocycles. The van der Waals surface area contributed by atoms with Gasteiger partial charge < -0.3 is 9.47 Å². The maximum Gasteiger partial charge on any atom is 0.275 e. The molecule has 172 valence electrons. The summed E-state index contributed by atoms with van der Waals surface area (Å²) >= 11 is 1.58. The molecule has 9 heteroatoms. The first kappa shape index (κ1) is 21.9. The Kier molecular flexibility index (Phi) is 5.84. The van der Waals surface area contributed by atoms with Crippen LogP contribution in [0.4, 0.5) is 5.69 Å². The van der Waals surface area contributed by atoms with Crippen LogP contribution >= 0.6 is 11.3 Å². The van der Waals surface area contributed by atoms with Gasteiger partial charge in [-0.3, -0.25) is 14.3 Å². The molecule has 2 bridgehead atoms. The van der Waals surface area contributed by atoms with E-state index in [4.69, 9.17) is 0 Å². The maximum atomic E-state index is 13.2. The fourth-order valence-electron chi connectivity index (χ4n) is 4.90. The van der Waals surface area contributed by atoms with Gasteiger partial charge in [0.05, 0.1) is 12.2 Å². The number of rotatable bonds is 6. The molecule has 2 atom stereocenters. The lowest BCUT2D eigenvalue weighted by atomic mass is 9.83. The molecule has 2 aromatic heterocycles. The Morgan fingerprint density at radius 1 is 1.03 bits per heavy atom. The largest absolute Gasteiger partial charge is 0.341 e. The number of benzene rings is 1. The number of sulfonamides is 1. The van der Waals surface area contributed by atoms with E-state index in [1.54, 1.807) is 46.2 Å². The van der Waals surface area contributed by atoms with Crippen molar-refractivity contribution >= 4 is 33.0 Å². The molecule has 2 aliphatic rings. The summed E-state index contributed by atoms with van der Waals surface area (Å²) in [5.74, 6) is 0.180. The molecule has 0 radical (unpaired) electrons. The van der Waals surface area contributed by atoms with Gasteiger partial charge in [0.1, 0.15) is 5.69 Å². The fraction of sp³-hybridized carbons (Fsp3) is 0.333. The summed E-state index contributed by atoms with van der Waals surface area (Å²) in [6, 6.07) is 16.2. The minimum atomic E-state index is -3.72. The van der Waals surface area contributed by atoms with Gasteiger partial charge in [-0.05, 0) is 41.5 Å². The minimum Gasteiger partial charge on any atom is -0.341 e. The lowest BCUT2D eigenvalue weighted by Crippen LogP contribution is -2.49. The third-order valence-electron chi connectivity index (χ3n) is 6.33. The van der Waals surface area contributed by atoms with Crippen molar-refractivity contribution in [3.05, 3.63) is 86.5 Å². The lowest BCUT2D eigenvalue weighted by molar-refractivity contribution is -0.133. The van der Waals surface area contributed by atoms with Crippen molar-refractivity contribution in [2.24, 2.45) is 5.92 Å². The molecule has 1 N–H and O–H groups in total. The summed E-state index contributed by atoms with van der Waals surface area (Å²) in [4.78, 5) is 29.0. The number of piperidine rings is 1. The summed E-state index contributed by atoms with van der Waals surface area (Å²) in [5.41, 5.74) is 1.28. The van der Waals surface area contributed by atoms with E-state index in [0.717, 1.165) is 17.0 Å². The number of nitrogens with zero attached hydrogens (tertiary/aromatic N) is 2. The van der Waals surface area contributed by atoms with Crippen LogP contribution in [0.3, 0.4) is 0 Å². The molecule has 5 rings (SSSR count). The second-order valence-corrected chi connectivity index (χ2v) is 11.5. The van der Waals surface area contributed by atoms with Crippen molar-refractivity contribution in [3.8, 4) is 0 Å². The van der Waals surface area contributed by atoms with Gasteiger partial charge in [0.2, 0.25) is 15.9 Å². The van der Waals surface area contributed by atoms with Crippen LogP contribution in [0.25, 0.3) is 0 Å². The highest BCUT2D eigenvalue weighted by molar-refractivity contribution is 7.91. The van der Waals surface area contributed by atoms with E-state index in [2.05, 4.69) is 4.72 Å². The number of thiophene rings is 1. The molecule has 0 saturated carbocycles. The summed E-state index contributed by atoms with van der Waals surface area (Å²) in [5, 5.41) is 1.97. The highest BCUT2D eigenvalue weighted by atomic mass is 32.2. The predicted octanol–water partition coefficient (Wildman–Crippen LogP) is 3.04. The van der Waals surface area contributed by atoms with Gasteiger partial charge in [0.15, 0.2) is 0 Å². The predicted molar refractivity (Wildman–Crippen MR) is 129 cm³/mol. The van der Waals surface area contributed by atoms with Crippen LogP contribution in [0.15, 0.2) is 64.8 Å². The first-order chi connectivity index (χ1) is 15.9. The average molecular weight is 484 g/mol. The monoisotopic (exact) mass is 483 g/mol. The van der Waals surface area contributed by atoms with E-state index in [-0.39, 0.29) is 34.7 Å². The Balaban J connectivity index is 1.33. The standard InChI is InChI=1S/C24H25N3O4S2/c28-23(12-20-7-4-10-32-20)26-13-18-11-19(15-26)22-9-8-21(24(29)27(22)14-18)25-33(30,31)16-17-5-2-1-3-6-17/h1-10,18-19,25H,11-16H2/t18-,19+/m0/s1. The fourth-order valence-corrected chi connectivity index (χ4v) is 6.79. The number of anilines is 1. The van der Waals surface area contributed by atoms with Crippen molar-refractivity contribution in [3.63, 3.8) is 0 Å². The smallest absolute Gasteiger partial charge is 0.275 e. The van der Waals surface area contributed by atoms with E-state index in [1.807, 2.05) is 34.5 Å². The molecular formula is C24H25N3O4S2. The van der Waals surface area contributed by atoms with Gasteiger partial charge in [-0.25, -0.2) is 8.42 Å². The van der Waals surface area contributed by atoms with Gasteiger partial charge in [-0.15, -0.1) is 11.3 Å². The van der Waals surface area contributed by atoms with Gasteiger partial charge >= 0.3 is 0 Å². The first-order valence-electron chi connectivity index (χ1n) is 11.0. The molecule has 7 nitrogen and oxygen atoms in total. The Morgan fingerprint density at radius 2 is 1.85 bits per heavy atom. The van der Waals surface area contributed by atoms with Crippen LogP contribution in [0.5, 0.6) is 0 Å². The molecule has 0 spiro atoms. The minimum absolute atomic E-state index is 0.0697. The normalized spacial score (nSPS) is 19.7. The van der Waals surface area contributed by atoms with Crippen molar-refractivity contribution in [1.82, 2.24) is 9.47 Å². The maximum absolute atomic E-state index is 13.2. The molecule has 1 fully saturated rings. The number of pyridine rings is 1. The number of aromatic nitrogens is 1. The topological polar surface area (TPSA) is 88.5 Å². The Bertz CT molecular complexity index is 1320. The van der Waals surface area contributed by atoms with Crippen LogP contribution < -0.4 is 10.3 Å². The summed E-state index contributed by atoms with van der Waals surface area (Å²) in [6.07, 6.45) is 1.34. The van der Waals surface area contributed by atoms with Crippen molar-refractivity contribution < 1.29 is 13.2 Å². The third kappa shape index (κ3) is 4.74. The summed E-state index contributed by atoms with van der Waals surface area (Å²) in [7, 11) is -3.72. The molecule has 0 aliphatic carbocycles. The van der Waals surface area contributed by atoms with Gasteiger partial charge in [-0.1, -0.05) is 36.4 Å². The lowest BCUT2D eigenvalue weighted by Gasteiger charge is -2.43. The highest BCUT2D eigenvalue weighted by Gasteiger charge is 2.36. The van der Waals surface area contributed by atoms with E-state index < -0.39 is 10.0 Å². The van der Waals surface area contributed by atoms with Gasteiger partial charge in [-0.2, -0.15) is 0 Å². The van der Waals surface area contributed by atoms with Crippen molar-refractivity contribution in [2.75, 3.05) is 17.8 Å². The number of hydrogen-bond donors (Lipinski definition) is 1. The number of fused-ring (bicyclic) bond motifs is 4. The van der Waals surface area contributed by atoms with Crippen LogP contribution in [0.1, 0.15) is 28.5 Å². The first-order valence-corrected chi connectivity index (χ1v) is 13.5. The molecule has 1 saturated heterocycles. The zero-order valence-corrected chi connectivity index (χ0v) is 19.6. The van der Waals surface area contributed by atoms with Crippen LogP contribution in [-0.2, 0) is 33.5 Å². The van der Waals surface area contributed by atoms with Crippen molar-refractivity contribution in [1.29, 1.82) is 0 Å². The summed E-state index contributed by atoms with van der Waals surface area (Å²) < 4.78 is 29.4. The highest BCUT2D eigenvalue weighted by Crippen LogP contribution is 2.35. The zero-order chi connectivity index (χ0) is 23.0. The van der Waals surface area contributed by atoms with Gasteiger partial charge in [0, 0.05) is 36.1 Å². The van der Waals surface area contributed by atoms with Gasteiger partial charge in [0.25, 0.3) is 5.56 Å². The average Bonchev–Trinajstić information content (AvgIpc) is 3.29. The van der Waals surface area contributed by atoms with E-state index in [9.17, 15) is 18.0 Å². The molecule has 3 aromatic rings. The molecule has 1 amide bonds. The van der Waals surface area contributed by atoms with Crippen LogP contribution in [0.2, 0.25) is 0 Å². The molecular weight excluding hydrogens is 458 g/mol. The Morgan fingerprint density at radius 3 is 2.61 bits per heavy atom. The second-order valence-electron chi connectivity index (χ2n) is 8.79. The molecule has 33 heavy (non-hydrogen) atoms. The number of likely N-dealkylation sites (tertiary alicyclic amines) is 1. The van der Waals surface area contributed by atoms with E-state index >= 15 is 0 Å². The Hall–Kier alpha value is -2.91. The quantitative estimate of drug-likeness (QED) is 0.584.